The molecule has 12 aromatic rings. The number of fused-ring (bicyclic) bond motifs is 13. The highest BCUT2D eigenvalue weighted by molar-refractivity contribution is 6.24. The van der Waals surface area contributed by atoms with Crippen LogP contribution in [0.15, 0.2) is 283 Å². The van der Waals surface area contributed by atoms with E-state index in [2.05, 4.69) is 274 Å². The van der Waals surface area contributed by atoms with Crippen molar-refractivity contribution in [1.82, 2.24) is 0 Å². The van der Waals surface area contributed by atoms with E-state index in [1.165, 1.54) is 66.8 Å². The average Bonchev–Trinajstić information content (AvgIpc) is 4.12. The minimum atomic E-state index is -0.454. The summed E-state index contributed by atoms with van der Waals surface area (Å²) in [6, 6.07) is 94.3. The highest BCUT2D eigenvalue weighted by atomic mass is 16.3. The van der Waals surface area contributed by atoms with Crippen molar-refractivity contribution in [1.29, 1.82) is 0 Å². The Morgan fingerprint density at radius 2 is 0.893 bits per heavy atom. The van der Waals surface area contributed by atoms with Crippen molar-refractivity contribution in [2.45, 2.75) is 12.3 Å². The molecule has 0 bridgehead atoms. The smallest absolute Gasteiger partial charge is 0.136 e. The maximum atomic E-state index is 6.72. The Morgan fingerprint density at radius 3 is 1.59 bits per heavy atom. The van der Waals surface area contributed by atoms with Gasteiger partial charge in [0.15, 0.2) is 0 Å². The SMILES string of the molecule is C=C(N=C(/C=C(\C)c1ccc(-c2ccccc2)cc1)c1cccc2oc3ccc(-c4cccc(-c5cccc6c5C5(c7ccccc7-c7ccccc75)c5ccccc5-6)c4)cc3c12)c1cccc(-c2ccccc2)c1. The van der Waals surface area contributed by atoms with Crippen LogP contribution in [0.25, 0.3) is 100.0 Å². The molecule has 1 spiro atoms. The van der Waals surface area contributed by atoms with Gasteiger partial charge in [-0.2, -0.15) is 0 Å². The Kier molecular flexibility index (Phi) is 10.5. The lowest BCUT2D eigenvalue weighted by atomic mass is 9.68. The molecule has 1 aromatic heterocycles. The van der Waals surface area contributed by atoms with Crippen LogP contribution in [0.3, 0.4) is 0 Å². The first-order valence-corrected chi connectivity index (χ1v) is 25.8. The summed E-state index contributed by atoms with van der Waals surface area (Å²) in [5, 5.41) is 2.04. The van der Waals surface area contributed by atoms with Gasteiger partial charge in [0.05, 0.1) is 16.8 Å². The van der Waals surface area contributed by atoms with Crippen LogP contribution in [-0.2, 0) is 5.41 Å². The minimum Gasteiger partial charge on any atom is -0.456 e. The molecule has 2 nitrogen and oxygen atoms in total. The normalized spacial score (nSPS) is 13.2. The predicted molar refractivity (Wildman–Crippen MR) is 314 cm³/mol. The maximum Gasteiger partial charge on any atom is 0.136 e. The third kappa shape index (κ3) is 7.21. The zero-order valence-corrected chi connectivity index (χ0v) is 41.5. The van der Waals surface area contributed by atoms with Crippen molar-refractivity contribution in [2.24, 2.45) is 4.99 Å². The lowest BCUT2D eigenvalue weighted by Crippen LogP contribution is -2.26. The molecular formula is C73H49NO. The number of aliphatic imine (C=N–C) groups is 1. The van der Waals surface area contributed by atoms with Crippen LogP contribution in [0.2, 0.25) is 0 Å². The predicted octanol–water partition coefficient (Wildman–Crippen LogP) is 19.2. The van der Waals surface area contributed by atoms with Gasteiger partial charge in [0.25, 0.3) is 0 Å². The molecular weight excluding hydrogens is 907 g/mol. The number of benzene rings is 11. The third-order valence-electron chi connectivity index (χ3n) is 15.6. The molecule has 2 aliphatic carbocycles. The van der Waals surface area contributed by atoms with Crippen LogP contribution >= 0.6 is 0 Å². The zero-order chi connectivity index (χ0) is 50.0. The molecule has 11 aromatic carbocycles. The quantitative estimate of drug-likeness (QED) is 0.132. The molecule has 0 N–H and O–H groups in total. The number of allylic oxidation sites excluding steroid dienone is 2. The van der Waals surface area contributed by atoms with Gasteiger partial charge < -0.3 is 4.42 Å². The summed E-state index contributed by atoms with van der Waals surface area (Å²) in [6.45, 7) is 6.77. The average molecular weight is 956 g/mol. The van der Waals surface area contributed by atoms with Gasteiger partial charge in [0.2, 0.25) is 0 Å². The lowest BCUT2D eigenvalue weighted by molar-refractivity contribution is 0.669. The van der Waals surface area contributed by atoms with Gasteiger partial charge in [-0.3, -0.25) is 0 Å². The second kappa shape index (κ2) is 17.8. The van der Waals surface area contributed by atoms with E-state index in [0.29, 0.717) is 5.70 Å². The second-order valence-electron chi connectivity index (χ2n) is 19.8. The van der Waals surface area contributed by atoms with E-state index < -0.39 is 5.41 Å². The molecule has 0 aliphatic heterocycles. The minimum absolute atomic E-state index is 0.454. The van der Waals surface area contributed by atoms with Gasteiger partial charge >= 0.3 is 0 Å². The van der Waals surface area contributed by atoms with Crippen LogP contribution in [0.1, 0.15) is 45.9 Å². The fourth-order valence-electron chi connectivity index (χ4n) is 12.2. The van der Waals surface area contributed by atoms with E-state index in [9.17, 15) is 0 Å². The molecule has 0 unspecified atom stereocenters. The van der Waals surface area contributed by atoms with Crippen molar-refractivity contribution < 1.29 is 4.42 Å². The molecule has 2 heteroatoms. The Labute approximate surface area is 437 Å². The topological polar surface area (TPSA) is 25.5 Å². The first-order valence-electron chi connectivity index (χ1n) is 25.8. The molecule has 0 fully saturated rings. The largest absolute Gasteiger partial charge is 0.456 e. The Balaban J connectivity index is 0.902. The molecule has 14 rings (SSSR count). The number of hydrogen-bond donors (Lipinski definition) is 0. The van der Waals surface area contributed by atoms with Crippen molar-refractivity contribution in [3.05, 3.63) is 312 Å². The summed E-state index contributed by atoms with van der Waals surface area (Å²) >= 11 is 0. The second-order valence-corrected chi connectivity index (χ2v) is 19.8. The third-order valence-corrected chi connectivity index (χ3v) is 15.6. The molecule has 0 radical (unpaired) electrons. The van der Waals surface area contributed by atoms with Gasteiger partial charge in [0.1, 0.15) is 11.2 Å². The van der Waals surface area contributed by atoms with E-state index >= 15 is 0 Å². The van der Waals surface area contributed by atoms with Crippen LogP contribution in [0.5, 0.6) is 0 Å². The van der Waals surface area contributed by atoms with Crippen molar-refractivity contribution >= 4 is 38.9 Å². The van der Waals surface area contributed by atoms with Crippen LogP contribution in [0, 0.1) is 0 Å². The number of hydrogen-bond acceptors (Lipinski definition) is 2. The van der Waals surface area contributed by atoms with Crippen molar-refractivity contribution in [3.8, 4) is 66.8 Å². The molecule has 1 heterocycles. The fraction of sp³-hybridized carbons (Fsp3) is 0.0274. The standard InChI is InChI=1S/C73H49NO/c1-47(49-37-39-52(40-38-49)50-19-5-3-6-20-50)43-68(74-48(2)53-23-15-24-54(44-53)51-21-7-4-8-22-51)63-32-18-36-70-71(63)64-46-56(41-42-69(64)75-70)55-25-16-26-57(45-55)58-30-17-31-62-61-29-11-14-35-67(61)73(72(58)62)65-33-12-9-27-59(65)60-28-10-13-34-66(60)73/h3-46H,2H2,1H3/b47-43+,74-68?. The summed E-state index contributed by atoms with van der Waals surface area (Å²) in [5.74, 6) is 0. The van der Waals surface area contributed by atoms with Gasteiger partial charge in [-0.15, -0.1) is 0 Å². The molecule has 2 aliphatic rings. The van der Waals surface area contributed by atoms with E-state index in [0.717, 1.165) is 72.2 Å². The Hall–Kier alpha value is -9.63. The van der Waals surface area contributed by atoms with Crippen molar-refractivity contribution in [3.63, 3.8) is 0 Å². The summed E-state index contributed by atoms with van der Waals surface area (Å²) in [6.07, 6.45) is 2.20. The van der Waals surface area contributed by atoms with E-state index in [4.69, 9.17) is 9.41 Å². The number of furan rings is 1. The van der Waals surface area contributed by atoms with Crippen LogP contribution in [-0.4, -0.2) is 5.71 Å². The lowest BCUT2D eigenvalue weighted by Gasteiger charge is -2.32. The van der Waals surface area contributed by atoms with E-state index in [1.807, 2.05) is 6.07 Å². The summed E-state index contributed by atoms with van der Waals surface area (Å²) in [7, 11) is 0. The molecule has 0 saturated heterocycles. The van der Waals surface area contributed by atoms with Gasteiger partial charge in [-0.05, 0) is 143 Å². The van der Waals surface area contributed by atoms with E-state index in [-0.39, 0.29) is 0 Å². The highest BCUT2D eigenvalue weighted by Crippen LogP contribution is 2.64. The van der Waals surface area contributed by atoms with Gasteiger partial charge in [-0.1, -0.05) is 237 Å². The number of nitrogens with zero attached hydrogens (tertiary/aromatic N) is 1. The summed E-state index contributed by atoms with van der Waals surface area (Å²) in [5.41, 5.74) is 26.6. The summed E-state index contributed by atoms with van der Waals surface area (Å²) < 4.78 is 6.72. The van der Waals surface area contributed by atoms with Crippen LogP contribution < -0.4 is 0 Å². The molecule has 0 saturated carbocycles. The van der Waals surface area contributed by atoms with E-state index in [1.54, 1.807) is 0 Å². The van der Waals surface area contributed by atoms with Crippen LogP contribution in [0.4, 0.5) is 0 Å². The van der Waals surface area contributed by atoms with Gasteiger partial charge in [0, 0.05) is 21.9 Å². The highest BCUT2D eigenvalue weighted by Gasteiger charge is 2.52. The first kappa shape index (κ1) is 44.1. The zero-order valence-electron chi connectivity index (χ0n) is 41.5. The summed E-state index contributed by atoms with van der Waals surface area (Å²) in [4.78, 5) is 5.45. The van der Waals surface area contributed by atoms with Crippen molar-refractivity contribution in [2.75, 3.05) is 0 Å². The van der Waals surface area contributed by atoms with Gasteiger partial charge in [-0.25, -0.2) is 4.99 Å². The fourth-order valence-corrected chi connectivity index (χ4v) is 12.2. The maximum absolute atomic E-state index is 6.72. The Morgan fingerprint density at radius 1 is 0.400 bits per heavy atom. The molecule has 75 heavy (non-hydrogen) atoms. The monoisotopic (exact) mass is 955 g/mol. The first-order chi connectivity index (χ1) is 37.0. The number of rotatable bonds is 9. The molecule has 352 valence electrons. The molecule has 0 atom stereocenters. The molecule has 0 amide bonds. The Bertz CT molecular complexity index is 4240.